The van der Waals surface area contributed by atoms with E-state index in [2.05, 4.69) is 20.8 Å². The highest BCUT2D eigenvalue weighted by Crippen LogP contribution is 2.39. The summed E-state index contributed by atoms with van der Waals surface area (Å²) < 4.78 is 81.4. The molecular formula is C23H32FNO6S2Si. The molecule has 11 heteroatoms. The van der Waals surface area contributed by atoms with Crippen molar-refractivity contribution in [3.63, 3.8) is 0 Å². The van der Waals surface area contributed by atoms with Crippen LogP contribution >= 0.6 is 0 Å². The van der Waals surface area contributed by atoms with Crippen molar-refractivity contribution < 1.29 is 30.4 Å². The molecule has 34 heavy (non-hydrogen) atoms. The number of sulfonamides is 2. The van der Waals surface area contributed by atoms with Gasteiger partial charge >= 0.3 is 0 Å². The van der Waals surface area contributed by atoms with Gasteiger partial charge in [-0.2, -0.15) is 0 Å². The molecule has 0 unspecified atom stereocenters. The standard InChI is InChI=1S/C23H32FNO6S2Si/c1-23(2,3)34(4,5)30-17-18-16-21(24)22(31-18)25(32(26,27)19-12-8-6-9-13-19)33(28,29)20-14-10-7-11-15-20/h6-15,18,21-22H,16-17H2,1-5H3/t18-,21-,22-/m0/s1. The molecule has 0 N–H and O–H groups in total. The van der Waals surface area contributed by atoms with Crippen LogP contribution in [0.1, 0.15) is 27.2 Å². The third-order valence-electron chi connectivity index (χ3n) is 6.33. The molecule has 0 aromatic heterocycles. The first-order chi connectivity index (χ1) is 15.7. The van der Waals surface area contributed by atoms with Gasteiger partial charge in [0.15, 0.2) is 14.5 Å². The SMILES string of the molecule is CC(C)(C)[Si](C)(C)OC[C@@H]1C[C@H](F)[C@@H](N(S(=O)(=O)c2ccccc2)S(=O)(=O)c2ccccc2)O1. The molecular weight excluding hydrogens is 497 g/mol. The van der Waals surface area contributed by atoms with Gasteiger partial charge in [0, 0.05) is 6.42 Å². The summed E-state index contributed by atoms with van der Waals surface area (Å²) in [6.07, 6.45) is -4.66. The van der Waals surface area contributed by atoms with Gasteiger partial charge in [0.25, 0.3) is 20.0 Å². The van der Waals surface area contributed by atoms with Crippen LogP contribution in [-0.4, -0.2) is 54.0 Å². The summed E-state index contributed by atoms with van der Waals surface area (Å²) in [4.78, 5) is -0.544. The summed E-state index contributed by atoms with van der Waals surface area (Å²) in [7, 11) is -11.5. The van der Waals surface area contributed by atoms with Gasteiger partial charge in [0.05, 0.1) is 22.5 Å². The predicted molar refractivity (Wildman–Crippen MR) is 130 cm³/mol. The lowest BCUT2D eigenvalue weighted by atomic mass is 10.2. The normalized spacial score (nSPS) is 22.3. The van der Waals surface area contributed by atoms with Crippen LogP contribution in [0.15, 0.2) is 70.5 Å². The minimum atomic E-state index is -4.67. The summed E-state index contributed by atoms with van der Waals surface area (Å²) in [6.45, 7) is 10.3. The van der Waals surface area contributed by atoms with Crippen molar-refractivity contribution in [1.29, 1.82) is 0 Å². The minimum Gasteiger partial charge on any atom is -0.414 e. The molecule has 1 aliphatic heterocycles. The number of nitrogens with zero attached hydrogens (tertiary/aromatic N) is 1. The van der Waals surface area contributed by atoms with Gasteiger partial charge in [-0.1, -0.05) is 60.9 Å². The van der Waals surface area contributed by atoms with Crippen LogP contribution in [0.5, 0.6) is 0 Å². The fraction of sp³-hybridized carbons (Fsp3) is 0.478. The number of hydrogen-bond donors (Lipinski definition) is 0. The number of ether oxygens (including phenoxy) is 1. The van der Waals surface area contributed by atoms with E-state index in [0.717, 1.165) is 0 Å². The van der Waals surface area contributed by atoms with Crippen molar-refractivity contribution in [1.82, 2.24) is 3.71 Å². The molecule has 3 atom stereocenters. The third kappa shape index (κ3) is 5.44. The Bertz CT molecular complexity index is 1120. The van der Waals surface area contributed by atoms with Gasteiger partial charge in [-0.15, -0.1) is 0 Å². The molecule has 188 valence electrons. The maximum Gasteiger partial charge on any atom is 0.258 e. The highest BCUT2D eigenvalue weighted by Gasteiger charge is 2.51. The van der Waals surface area contributed by atoms with E-state index in [4.69, 9.17) is 9.16 Å². The van der Waals surface area contributed by atoms with Crippen LogP contribution in [0, 0.1) is 0 Å². The van der Waals surface area contributed by atoms with Crippen molar-refractivity contribution in [3.05, 3.63) is 60.7 Å². The Labute approximate surface area is 203 Å². The molecule has 0 bridgehead atoms. The lowest BCUT2D eigenvalue weighted by Gasteiger charge is -2.37. The number of alkyl halides is 1. The Hall–Kier alpha value is -1.63. The quantitative estimate of drug-likeness (QED) is 0.467. The van der Waals surface area contributed by atoms with Gasteiger partial charge < -0.3 is 9.16 Å². The van der Waals surface area contributed by atoms with Crippen LogP contribution in [-0.2, 0) is 29.2 Å². The molecule has 0 aliphatic carbocycles. The highest BCUT2D eigenvalue weighted by molar-refractivity contribution is 8.04. The van der Waals surface area contributed by atoms with E-state index in [1.54, 1.807) is 12.1 Å². The maximum atomic E-state index is 15.3. The molecule has 2 aromatic carbocycles. The fourth-order valence-corrected chi connectivity index (χ4v) is 8.22. The molecule has 0 amide bonds. The molecule has 1 saturated heterocycles. The van der Waals surface area contributed by atoms with Crippen LogP contribution in [0.4, 0.5) is 4.39 Å². The first-order valence-electron chi connectivity index (χ1n) is 11.0. The molecule has 0 spiro atoms. The van der Waals surface area contributed by atoms with Crippen molar-refractivity contribution >= 4 is 28.4 Å². The smallest absolute Gasteiger partial charge is 0.258 e. The summed E-state index contributed by atoms with van der Waals surface area (Å²) >= 11 is 0. The first kappa shape index (κ1) is 27.0. The van der Waals surface area contributed by atoms with E-state index in [9.17, 15) is 16.8 Å². The van der Waals surface area contributed by atoms with Crippen LogP contribution in [0.25, 0.3) is 0 Å². The summed E-state index contributed by atoms with van der Waals surface area (Å²) in [6, 6.07) is 14.2. The zero-order valence-electron chi connectivity index (χ0n) is 20.0. The Morgan fingerprint density at radius 1 is 0.941 bits per heavy atom. The highest BCUT2D eigenvalue weighted by atomic mass is 32.3. The van der Waals surface area contributed by atoms with Crippen molar-refractivity contribution in [2.24, 2.45) is 0 Å². The second kappa shape index (κ2) is 9.79. The average Bonchev–Trinajstić information content (AvgIpc) is 3.12. The van der Waals surface area contributed by atoms with Gasteiger partial charge in [-0.25, -0.2) is 21.2 Å². The summed E-state index contributed by atoms with van der Waals surface area (Å²) in [5, 5.41) is -0.0839. The zero-order valence-corrected chi connectivity index (χ0v) is 22.6. The Balaban J connectivity index is 1.98. The Kier molecular flexibility index (Phi) is 7.76. The first-order valence-corrected chi connectivity index (χ1v) is 16.8. The molecule has 1 fully saturated rings. The molecule has 1 aliphatic rings. The van der Waals surface area contributed by atoms with Gasteiger partial charge in [0.2, 0.25) is 0 Å². The maximum absolute atomic E-state index is 15.3. The monoisotopic (exact) mass is 529 g/mol. The molecule has 2 aromatic rings. The second-order valence-electron chi connectivity index (χ2n) is 9.83. The van der Waals surface area contributed by atoms with Crippen molar-refractivity contribution in [2.45, 2.75) is 73.6 Å². The number of halogens is 1. The molecule has 0 radical (unpaired) electrons. The number of hydrogen-bond acceptors (Lipinski definition) is 6. The predicted octanol–water partition coefficient (Wildman–Crippen LogP) is 4.54. The van der Waals surface area contributed by atoms with Crippen LogP contribution in [0.3, 0.4) is 0 Å². The molecule has 1 heterocycles. The second-order valence-corrected chi connectivity index (χ2v) is 18.5. The topological polar surface area (TPSA) is 90.0 Å². The van der Waals surface area contributed by atoms with E-state index >= 15 is 4.39 Å². The summed E-state index contributed by atoms with van der Waals surface area (Å²) in [5.41, 5.74) is 0. The van der Waals surface area contributed by atoms with E-state index < -0.39 is 46.9 Å². The lowest BCUT2D eigenvalue weighted by molar-refractivity contribution is -0.0274. The molecule has 0 saturated carbocycles. The largest absolute Gasteiger partial charge is 0.414 e. The molecule has 3 rings (SSSR count). The fourth-order valence-electron chi connectivity index (χ4n) is 3.31. The number of rotatable bonds is 8. The van der Waals surface area contributed by atoms with Crippen LogP contribution < -0.4 is 0 Å². The van der Waals surface area contributed by atoms with Crippen LogP contribution in [0.2, 0.25) is 18.1 Å². The van der Waals surface area contributed by atoms with E-state index in [1.165, 1.54) is 48.5 Å². The minimum absolute atomic E-state index is 0.0536. The van der Waals surface area contributed by atoms with Crippen molar-refractivity contribution in [2.75, 3.05) is 6.61 Å². The number of benzene rings is 2. The van der Waals surface area contributed by atoms with Gasteiger partial charge in [0.1, 0.15) is 6.17 Å². The Morgan fingerprint density at radius 2 is 1.38 bits per heavy atom. The van der Waals surface area contributed by atoms with E-state index in [1.807, 2.05) is 13.1 Å². The van der Waals surface area contributed by atoms with Gasteiger partial charge in [-0.3, -0.25) is 0 Å². The Morgan fingerprint density at radius 3 is 1.79 bits per heavy atom. The van der Waals surface area contributed by atoms with E-state index in [-0.39, 0.29) is 31.6 Å². The van der Waals surface area contributed by atoms with Gasteiger partial charge in [-0.05, 0) is 42.4 Å². The van der Waals surface area contributed by atoms with Crippen molar-refractivity contribution in [3.8, 4) is 0 Å². The summed E-state index contributed by atoms with van der Waals surface area (Å²) in [5.74, 6) is 0. The third-order valence-corrected chi connectivity index (χ3v) is 15.1. The lowest BCUT2D eigenvalue weighted by Crippen LogP contribution is -2.48. The van der Waals surface area contributed by atoms with E-state index in [0.29, 0.717) is 0 Å². The average molecular weight is 530 g/mol. The molecule has 7 nitrogen and oxygen atoms in total. The zero-order chi connectivity index (χ0) is 25.4.